The summed E-state index contributed by atoms with van der Waals surface area (Å²) in [6, 6.07) is 3.44. The lowest BCUT2D eigenvalue weighted by Gasteiger charge is -2.10. The molecule has 2 rings (SSSR count). The maximum atomic E-state index is 12.0. The average Bonchev–Trinajstić information content (AvgIpc) is 2.85. The Morgan fingerprint density at radius 2 is 2.33 bits per heavy atom. The first kappa shape index (κ1) is 12.3. The highest BCUT2D eigenvalue weighted by Crippen LogP contribution is 2.25. The molecule has 0 aliphatic carbocycles. The van der Waals surface area contributed by atoms with E-state index >= 15 is 0 Å². The predicted octanol–water partition coefficient (Wildman–Crippen LogP) is 0.493. The number of hydrogen-bond donors (Lipinski definition) is 3. The standard InChI is InChI=1S/C10H10N4O3S/c1-14-8(15)6(9(16)17)7(12-10(14)13-11)5-3-2-4-18-5/h2-4H,11H2,1H3,(H,12,13)(H,16,17). The van der Waals surface area contributed by atoms with Crippen molar-refractivity contribution >= 4 is 23.3 Å². The van der Waals surface area contributed by atoms with Crippen molar-refractivity contribution in [1.82, 2.24) is 9.55 Å². The molecule has 2 aromatic rings. The molecular weight excluding hydrogens is 256 g/mol. The zero-order chi connectivity index (χ0) is 13.3. The van der Waals surface area contributed by atoms with Crippen molar-refractivity contribution in [2.24, 2.45) is 12.9 Å². The van der Waals surface area contributed by atoms with Crippen molar-refractivity contribution in [3.63, 3.8) is 0 Å². The molecule has 0 atom stereocenters. The lowest BCUT2D eigenvalue weighted by molar-refractivity contribution is 0.0695. The molecule has 7 nitrogen and oxygen atoms in total. The fourth-order valence-corrected chi connectivity index (χ4v) is 2.24. The van der Waals surface area contributed by atoms with Crippen LogP contribution in [0.15, 0.2) is 22.3 Å². The highest BCUT2D eigenvalue weighted by molar-refractivity contribution is 7.13. The third kappa shape index (κ3) is 1.87. The van der Waals surface area contributed by atoms with Gasteiger partial charge in [-0.1, -0.05) is 6.07 Å². The number of nitrogens with zero attached hydrogens (tertiary/aromatic N) is 2. The number of nitrogens with one attached hydrogen (secondary N) is 1. The van der Waals surface area contributed by atoms with Crippen molar-refractivity contribution in [3.8, 4) is 10.6 Å². The topological polar surface area (TPSA) is 110 Å². The van der Waals surface area contributed by atoms with Crippen LogP contribution in [0, 0.1) is 0 Å². The minimum absolute atomic E-state index is 0.105. The third-order valence-corrected chi connectivity index (χ3v) is 3.26. The number of aromatic nitrogens is 2. The fourth-order valence-electron chi connectivity index (χ4n) is 1.52. The number of anilines is 1. The van der Waals surface area contributed by atoms with E-state index in [0.29, 0.717) is 4.88 Å². The van der Waals surface area contributed by atoms with Gasteiger partial charge in [-0.3, -0.25) is 14.8 Å². The number of rotatable bonds is 3. The van der Waals surface area contributed by atoms with Crippen LogP contribution in [0.3, 0.4) is 0 Å². The van der Waals surface area contributed by atoms with E-state index in [1.54, 1.807) is 17.5 Å². The monoisotopic (exact) mass is 266 g/mol. The number of thiophene rings is 1. The summed E-state index contributed by atoms with van der Waals surface area (Å²) in [4.78, 5) is 27.8. The second-order valence-electron chi connectivity index (χ2n) is 3.45. The number of carboxylic acid groups (broad SMARTS) is 1. The van der Waals surface area contributed by atoms with Crippen LogP contribution in [-0.2, 0) is 7.05 Å². The Morgan fingerprint density at radius 1 is 1.61 bits per heavy atom. The van der Waals surface area contributed by atoms with Crippen molar-refractivity contribution in [3.05, 3.63) is 33.4 Å². The molecule has 0 bridgehead atoms. The third-order valence-electron chi connectivity index (χ3n) is 2.39. The maximum Gasteiger partial charge on any atom is 0.343 e. The van der Waals surface area contributed by atoms with Crippen LogP contribution < -0.4 is 16.8 Å². The number of aromatic carboxylic acids is 1. The molecule has 0 saturated carbocycles. The van der Waals surface area contributed by atoms with E-state index in [2.05, 4.69) is 10.4 Å². The lowest BCUT2D eigenvalue weighted by atomic mass is 10.2. The normalized spacial score (nSPS) is 10.3. The molecule has 0 spiro atoms. The number of hydrazine groups is 1. The molecule has 0 aromatic carbocycles. The second-order valence-corrected chi connectivity index (χ2v) is 4.40. The first-order valence-corrected chi connectivity index (χ1v) is 5.79. The summed E-state index contributed by atoms with van der Waals surface area (Å²) in [6.45, 7) is 0. The fraction of sp³-hybridized carbons (Fsp3) is 0.100. The van der Waals surface area contributed by atoms with Gasteiger partial charge < -0.3 is 5.11 Å². The van der Waals surface area contributed by atoms with Crippen LogP contribution in [0.25, 0.3) is 10.6 Å². The minimum Gasteiger partial charge on any atom is -0.477 e. The largest absolute Gasteiger partial charge is 0.477 e. The van der Waals surface area contributed by atoms with Gasteiger partial charge in [0.1, 0.15) is 5.69 Å². The van der Waals surface area contributed by atoms with Crippen molar-refractivity contribution in [2.75, 3.05) is 5.43 Å². The smallest absolute Gasteiger partial charge is 0.343 e. The van der Waals surface area contributed by atoms with Gasteiger partial charge in [0.05, 0.1) is 4.88 Å². The Balaban J connectivity index is 2.83. The van der Waals surface area contributed by atoms with Gasteiger partial charge in [0.15, 0.2) is 5.56 Å². The summed E-state index contributed by atoms with van der Waals surface area (Å²) in [5, 5.41) is 10.9. The highest BCUT2D eigenvalue weighted by atomic mass is 32.1. The first-order valence-electron chi connectivity index (χ1n) is 4.91. The van der Waals surface area contributed by atoms with E-state index < -0.39 is 11.5 Å². The molecule has 8 heteroatoms. The zero-order valence-electron chi connectivity index (χ0n) is 9.38. The summed E-state index contributed by atoms with van der Waals surface area (Å²) in [6.07, 6.45) is 0. The number of carboxylic acids is 1. The van der Waals surface area contributed by atoms with E-state index in [4.69, 9.17) is 10.9 Å². The van der Waals surface area contributed by atoms with E-state index in [0.717, 1.165) is 4.57 Å². The molecule has 0 aliphatic rings. The Bertz CT molecular complexity index is 648. The van der Waals surface area contributed by atoms with Gasteiger partial charge >= 0.3 is 5.97 Å². The lowest BCUT2D eigenvalue weighted by Crippen LogP contribution is -2.30. The van der Waals surface area contributed by atoms with Gasteiger partial charge in [-0.15, -0.1) is 11.3 Å². The molecule has 0 fully saturated rings. The Hall–Kier alpha value is -2.19. The molecular formula is C10H10N4O3S. The molecule has 0 amide bonds. The zero-order valence-corrected chi connectivity index (χ0v) is 10.2. The summed E-state index contributed by atoms with van der Waals surface area (Å²) in [7, 11) is 1.40. The van der Waals surface area contributed by atoms with Crippen molar-refractivity contribution < 1.29 is 9.90 Å². The van der Waals surface area contributed by atoms with Crippen LogP contribution in [0.5, 0.6) is 0 Å². The molecule has 4 N–H and O–H groups in total. The molecule has 94 valence electrons. The van der Waals surface area contributed by atoms with Crippen molar-refractivity contribution in [1.29, 1.82) is 0 Å². The van der Waals surface area contributed by atoms with Crippen molar-refractivity contribution in [2.45, 2.75) is 0 Å². The van der Waals surface area contributed by atoms with Crippen LogP contribution in [0.4, 0.5) is 5.95 Å². The number of hydrogen-bond acceptors (Lipinski definition) is 6. The van der Waals surface area contributed by atoms with Gasteiger partial charge in [-0.2, -0.15) is 0 Å². The van der Waals surface area contributed by atoms with Crippen LogP contribution in [-0.4, -0.2) is 20.6 Å². The van der Waals surface area contributed by atoms with Gasteiger partial charge in [-0.25, -0.2) is 15.6 Å². The molecule has 0 aliphatic heterocycles. The molecule has 0 radical (unpaired) electrons. The quantitative estimate of drug-likeness (QED) is 0.551. The SMILES string of the molecule is Cn1c(NN)nc(-c2cccs2)c(C(=O)O)c1=O. The predicted molar refractivity (Wildman–Crippen MR) is 67.6 cm³/mol. The number of nitrogens with two attached hydrogens (primary N) is 1. The second kappa shape index (κ2) is 4.59. The molecule has 2 aromatic heterocycles. The number of carbonyl (C=O) groups is 1. The van der Waals surface area contributed by atoms with Gasteiger partial charge in [0.2, 0.25) is 5.95 Å². The van der Waals surface area contributed by atoms with Crippen LogP contribution in [0.2, 0.25) is 0 Å². The summed E-state index contributed by atoms with van der Waals surface area (Å²) in [5.74, 6) is 4.05. The molecule has 18 heavy (non-hydrogen) atoms. The van der Waals surface area contributed by atoms with Crippen LogP contribution in [0.1, 0.15) is 10.4 Å². The molecule has 2 heterocycles. The Labute approximate surface area is 105 Å². The summed E-state index contributed by atoms with van der Waals surface area (Å²) in [5.41, 5.74) is 1.37. The van der Waals surface area contributed by atoms with E-state index in [9.17, 15) is 9.59 Å². The van der Waals surface area contributed by atoms with Gasteiger partial charge in [0.25, 0.3) is 5.56 Å². The first-order chi connectivity index (χ1) is 8.56. The van der Waals surface area contributed by atoms with Gasteiger partial charge in [0, 0.05) is 7.05 Å². The number of nitrogen functional groups attached to an aromatic ring is 1. The van der Waals surface area contributed by atoms with E-state index in [1.165, 1.54) is 18.4 Å². The summed E-state index contributed by atoms with van der Waals surface area (Å²) < 4.78 is 1.06. The summed E-state index contributed by atoms with van der Waals surface area (Å²) >= 11 is 1.30. The van der Waals surface area contributed by atoms with E-state index in [1.807, 2.05) is 0 Å². The van der Waals surface area contributed by atoms with Gasteiger partial charge in [-0.05, 0) is 11.4 Å². The maximum absolute atomic E-state index is 12.0. The van der Waals surface area contributed by atoms with Crippen LogP contribution >= 0.6 is 11.3 Å². The van der Waals surface area contributed by atoms with E-state index in [-0.39, 0.29) is 17.2 Å². The molecule has 0 saturated heterocycles. The Kier molecular flexibility index (Phi) is 3.13. The Morgan fingerprint density at radius 3 is 2.83 bits per heavy atom. The average molecular weight is 266 g/mol. The minimum atomic E-state index is -1.31. The highest BCUT2D eigenvalue weighted by Gasteiger charge is 2.21. The molecule has 0 unspecified atom stereocenters.